The van der Waals surface area contributed by atoms with Crippen molar-refractivity contribution in [2.45, 2.75) is 17.7 Å². The van der Waals surface area contributed by atoms with Crippen molar-refractivity contribution in [3.63, 3.8) is 0 Å². The molecule has 0 saturated heterocycles. The van der Waals surface area contributed by atoms with Crippen molar-refractivity contribution in [2.24, 2.45) is 0 Å². The lowest BCUT2D eigenvalue weighted by Crippen LogP contribution is -2.27. The molecule has 3 rings (SSSR count). The molecule has 146 valence electrons. The number of thiazole rings is 1. The van der Waals surface area contributed by atoms with E-state index >= 15 is 0 Å². The Morgan fingerprint density at radius 3 is 2.43 bits per heavy atom. The van der Waals surface area contributed by atoms with Crippen LogP contribution in [0.25, 0.3) is 0 Å². The van der Waals surface area contributed by atoms with Crippen LogP contribution in [0.3, 0.4) is 0 Å². The van der Waals surface area contributed by atoms with Gasteiger partial charge in [-0.1, -0.05) is 30.7 Å². The summed E-state index contributed by atoms with van der Waals surface area (Å²) in [5, 5.41) is 5.49. The number of anilines is 1. The fourth-order valence-electron chi connectivity index (χ4n) is 2.49. The Morgan fingerprint density at radius 2 is 1.82 bits per heavy atom. The van der Waals surface area contributed by atoms with Crippen molar-refractivity contribution in [1.29, 1.82) is 0 Å². The van der Waals surface area contributed by atoms with E-state index in [2.05, 4.69) is 15.0 Å². The molecule has 0 saturated carbocycles. The van der Waals surface area contributed by atoms with Crippen LogP contribution in [0, 0.1) is 0 Å². The van der Waals surface area contributed by atoms with Gasteiger partial charge >= 0.3 is 0 Å². The molecule has 0 spiro atoms. The zero-order chi connectivity index (χ0) is 20.1. The molecule has 0 bridgehead atoms. The third kappa shape index (κ3) is 5.09. The predicted molar refractivity (Wildman–Crippen MR) is 112 cm³/mol. The molecule has 1 amide bonds. The van der Waals surface area contributed by atoms with E-state index in [4.69, 9.17) is 11.6 Å². The van der Waals surface area contributed by atoms with Gasteiger partial charge in [0.1, 0.15) is 0 Å². The summed E-state index contributed by atoms with van der Waals surface area (Å²) in [6.45, 7) is 2.45. The maximum atomic E-state index is 12.3. The number of sulfonamides is 1. The number of carbonyl (C=O) groups excluding carboxylic acids is 1. The minimum absolute atomic E-state index is 0.0637. The minimum atomic E-state index is -3.74. The number of amides is 1. The van der Waals surface area contributed by atoms with Crippen LogP contribution < -0.4 is 10.0 Å². The van der Waals surface area contributed by atoms with Gasteiger partial charge in [0.15, 0.2) is 5.13 Å². The standard InChI is InChI=1S/C19H18ClN3O3S2/c1-13(14-2-6-16(20)7-3-14)12-22-18(24)15-4-8-17(9-5-15)28(25,26)23-19-21-10-11-27-19/h2-11,13H,12H2,1H3,(H,21,23)(H,22,24). The fourth-order valence-corrected chi connectivity index (χ4v) is 4.40. The average molecular weight is 436 g/mol. The number of hydrogen-bond donors (Lipinski definition) is 2. The zero-order valence-corrected chi connectivity index (χ0v) is 17.3. The molecular weight excluding hydrogens is 418 g/mol. The molecule has 0 aliphatic carbocycles. The van der Waals surface area contributed by atoms with Gasteiger partial charge in [0.05, 0.1) is 4.90 Å². The van der Waals surface area contributed by atoms with Gasteiger partial charge in [-0.2, -0.15) is 0 Å². The second-order valence-corrected chi connectivity index (χ2v) is 9.14. The molecule has 3 aromatic rings. The molecule has 2 aromatic carbocycles. The van der Waals surface area contributed by atoms with Crippen molar-refractivity contribution >= 4 is 44.0 Å². The Morgan fingerprint density at radius 1 is 1.14 bits per heavy atom. The van der Waals surface area contributed by atoms with E-state index in [0.29, 0.717) is 17.1 Å². The van der Waals surface area contributed by atoms with Crippen LogP contribution in [0.4, 0.5) is 5.13 Å². The molecule has 0 aliphatic heterocycles. The first-order valence-electron chi connectivity index (χ1n) is 8.41. The van der Waals surface area contributed by atoms with Crippen LogP contribution in [0.1, 0.15) is 28.8 Å². The van der Waals surface area contributed by atoms with Crippen molar-refractivity contribution in [2.75, 3.05) is 11.3 Å². The summed E-state index contributed by atoms with van der Waals surface area (Å²) in [7, 11) is -3.74. The first kappa shape index (κ1) is 20.3. The molecule has 6 nitrogen and oxygen atoms in total. The van der Waals surface area contributed by atoms with Crippen molar-refractivity contribution in [1.82, 2.24) is 10.3 Å². The maximum absolute atomic E-state index is 12.3. The van der Waals surface area contributed by atoms with Gasteiger partial charge in [-0.05, 0) is 47.9 Å². The first-order valence-corrected chi connectivity index (χ1v) is 11.2. The van der Waals surface area contributed by atoms with Crippen molar-refractivity contribution in [3.05, 3.63) is 76.3 Å². The Bertz CT molecular complexity index is 1040. The van der Waals surface area contributed by atoms with Crippen LogP contribution in [0.5, 0.6) is 0 Å². The highest BCUT2D eigenvalue weighted by Gasteiger charge is 2.16. The monoisotopic (exact) mass is 435 g/mol. The van der Waals surface area contributed by atoms with E-state index in [-0.39, 0.29) is 21.9 Å². The van der Waals surface area contributed by atoms with E-state index in [1.807, 2.05) is 31.2 Å². The number of halogens is 1. The lowest BCUT2D eigenvalue weighted by atomic mass is 10.0. The molecule has 0 aliphatic rings. The summed E-state index contributed by atoms with van der Waals surface area (Å²) in [6, 6.07) is 13.2. The second-order valence-electron chi connectivity index (χ2n) is 6.13. The molecule has 1 atom stereocenters. The van der Waals surface area contributed by atoms with E-state index in [9.17, 15) is 13.2 Å². The van der Waals surface area contributed by atoms with Gasteiger partial charge in [-0.3, -0.25) is 9.52 Å². The molecule has 1 unspecified atom stereocenters. The molecule has 0 radical (unpaired) electrons. The minimum Gasteiger partial charge on any atom is -0.351 e. The summed E-state index contributed by atoms with van der Waals surface area (Å²) < 4.78 is 27.0. The smallest absolute Gasteiger partial charge is 0.263 e. The third-order valence-electron chi connectivity index (χ3n) is 4.09. The van der Waals surface area contributed by atoms with Crippen LogP contribution in [-0.2, 0) is 10.0 Å². The number of nitrogens with one attached hydrogen (secondary N) is 2. The quantitative estimate of drug-likeness (QED) is 0.584. The number of benzene rings is 2. The summed E-state index contributed by atoms with van der Waals surface area (Å²) in [5.41, 5.74) is 1.45. The van der Waals surface area contributed by atoms with Crippen molar-refractivity contribution in [3.8, 4) is 0 Å². The van der Waals surface area contributed by atoms with Gasteiger partial charge in [0, 0.05) is 28.7 Å². The number of carbonyl (C=O) groups is 1. The van der Waals surface area contributed by atoms with E-state index in [0.717, 1.165) is 5.56 Å². The summed E-state index contributed by atoms with van der Waals surface area (Å²) in [5.74, 6) is -0.152. The van der Waals surface area contributed by atoms with E-state index in [1.54, 1.807) is 5.38 Å². The van der Waals surface area contributed by atoms with Crippen LogP contribution in [-0.4, -0.2) is 25.9 Å². The SMILES string of the molecule is CC(CNC(=O)c1ccc(S(=O)(=O)Nc2nccs2)cc1)c1ccc(Cl)cc1. The van der Waals surface area contributed by atoms with Crippen LogP contribution in [0.15, 0.2) is 65.0 Å². The third-order valence-corrected chi connectivity index (χ3v) is 6.51. The molecular formula is C19H18ClN3O3S2. The van der Waals surface area contributed by atoms with Crippen LogP contribution >= 0.6 is 22.9 Å². The Kier molecular flexibility index (Phi) is 6.33. The van der Waals surface area contributed by atoms with Gasteiger partial charge in [0.2, 0.25) is 0 Å². The Hall–Kier alpha value is -2.42. The van der Waals surface area contributed by atoms with Gasteiger partial charge in [-0.15, -0.1) is 11.3 Å². The lowest BCUT2D eigenvalue weighted by molar-refractivity contribution is 0.0951. The number of aromatic nitrogens is 1. The molecule has 28 heavy (non-hydrogen) atoms. The van der Waals surface area contributed by atoms with Crippen LogP contribution in [0.2, 0.25) is 5.02 Å². The molecule has 1 heterocycles. The number of nitrogens with zero attached hydrogens (tertiary/aromatic N) is 1. The molecule has 0 fully saturated rings. The fraction of sp³-hybridized carbons (Fsp3) is 0.158. The highest BCUT2D eigenvalue weighted by atomic mass is 35.5. The van der Waals surface area contributed by atoms with Gasteiger partial charge in [0.25, 0.3) is 15.9 Å². The lowest BCUT2D eigenvalue weighted by Gasteiger charge is -2.13. The van der Waals surface area contributed by atoms with Gasteiger partial charge in [-0.25, -0.2) is 13.4 Å². The molecule has 1 aromatic heterocycles. The summed E-state index contributed by atoms with van der Waals surface area (Å²) in [4.78, 5) is 16.3. The largest absolute Gasteiger partial charge is 0.351 e. The highest BCUT2D eigenvalue weighted by Crippen LogP contribution is 2.19. The summed E-state index contributed by atoms with van der Waals surface area (Å²) >= 11 is 7.08. The first-order chi connectivity index (χ1) is 13.3. The normalized spacial score (nSPS) is 12.4. The number of hydrogen-bond acceptors (Lipinski definition) is 5. The van der Waals surface area contributed by atoms with Gasteiger partial charge < -0.3 is 5.32 Å². The second kappa shape index (κ2) is 8.72. The highest BCUT2D eigenvalue weighted by molar-refractivity contribution is 7.93. The number of rotatable bonds is 7. The summed E-state index contributed by atoms with van der Waals surface area (Å²) in [6.07, 6.45) is 1.51. The predicted octanol–water partition coefficient (Wildman–Crippen LogP) is 4.13. The van der Waals surface area contributed by atoms with Crippen molar-refractivity contribution < 1.29 is 13.2 Å². The average Bonchev–Trinajstić information content (AvgIpc) is 3.19. The Balaban J connectivity index is 1.61. The molecule has 9 heteroatoms. The topological polar surface area (TPSA) is 88.2 Å². The Labute approximate surface area is 172 Å². The van der Waals surface area contributed by atoms with E-state index in [1.165, 1.54) is 41.8 Å². The van der Waals surface area contributed by atoms with E-state index < -0.39 is 10.0 Å². The maximum Gasteiger partial charge on any atom is 0.263 e. The molecule has 2 N–H and O–H groups in total. The zero-order valence-electron chi connectivity index (χ0n) is 14.9.